The molecule has 104 valence electrons. The number of carbonyl (C=O) groups excluding carboxylic acids is 1. The highest BCUT2D eigenvalue weighted by atomic mass is 19.1. The van der Waals surface area contributed by atoms with Gasteiger partial charge in [-0.3, -0.25) is 9.89 Å². The van der Waals surface area contributed by atoms with Crippen molar-refractivity contribution >= 4 is 5.91 Å². The van der Waals surface area contributed by atoms with Gasteiger partial charge >= 0.3 is 0 Å². The first-order valence-corrected chi connectivity index (χ1v) is 6.25. The maximum Gasteiger partial charge on any atom is 0.291 e. The summed E-state index contributed by atoms with van der Waals surface area (Å²) in [5.41, 5.74) is 0.283. The van der Waals surface area contributed by atoms with E-state index in [1.165, 1.54) is 23.4 Å². The van der Waals surface area contributed by atoms with Crippen LogP contribution in [0.15, 0.2) is 24.5 Å². The predicted molar refractivity (Wildman–Crippen MR) is 65.6 cm³/mol. The monoisotopic (exact) mass is 278 g/mol. The molecule has 1 aromatic carbocycles. The normalized spacial score (nSPS) is 14.3. The second-order valence-corrected chi connectivity index (χ2v) is 4.73. The third-order valence-corrected chi connectivity index (χ3v) is 3.22. The number of rotatable bonds is 4. The van der Waals surface area contributed by atoms with Gasteiger partial charge in [0.25, 0.3) is 5.91 Å². The van der Waals surface area contributed by atoms with Crippen LogP contribution in [-0.2, 0) is 6.54 Å². The Morgan fingerprint density at radius 2 is 2.20 bits per heavy atom. The van der Waals surface area contributed by atoms with E-state index in [-0.39, 0.29) is 29.9 Å². The smallest absolute Gasteiger partial charge is 0.291 e. The molecule has 1 aromatic heterocycles. The van der Waals surface area contributed by atoms with E-state index >= 15 is 0 Å². The van der Waals surface area contributed by atoms with Crippen LogP contribution in [-0.4, -0.2) is 32.0 Å². The minimum atomic E-state index is -0.652. The summed E-state index contributed by atoms with van der Waals surface area (Å²) in [7, 11) is 0. The van der Waals surface area contributed by atoms with E-state index in [0.717, 1.165) is 18.9 Å². The number of amides is 1. The molecule has 1 fully saturated rings. The minimum Gasteiger partial charge on any atom is -0.329 e. The highest BCUT2D eigenvalue weighted by Crippen LogP contribution is 2.29. The van der Waals surface area contributed by atoms with Gasteiger partial charge in [-0.15, -0.1) is 0 Å². The Kier molecular flexibility index (Phi) is 3.17. The third-order valence-electron chi connectivity index (χ3n) is 3.22. The first kappa shape index (κ1) is 12.7. The van der Waals surface area contributed by atoms with Gasteiger partial charge in [-0.2, -0.15) is 5.10 Å². The van der Waals surface area contributed by atoms with Gasteiger partial charge in [0.15, 0.2) is 0 Å². The van der Waals surface area contributed by atoms with Crippen molar-refractivity contribution in [2.45, 2.75) is 25.4 Å². The Hall–Kier alpha value is -2.31. The third kappa shape index (κ3) is 2.52. The lowest BCUT2D eigenvalue weighted by Gasteiger charge is -2.21. The van der Waals surface area contributed by atoms with Crippen LogP contribution in [0.4, 0.5) is 8.78 Å². The number of hydrogen-bond donors (Lipinski definition) is 1. The van der Waals surface area contributed by atoms with Gasteiger partial charge in [0.2, 0.25) is 5.82 Å². The van der Waals surface area contributed by atoms with Crippen molar-refractivity contribution in [3.63, 3.8) is 0 Å². The quantitative estimate of drug-likeness (QED) is 0.929. The fraction of sp³-hybridized carbons (Fsp3) is 0.308. The average Bonchev–Trinajstić information content (AvgIpc) is 3.11. The van der Waals surface area contributed by atoms with Crippen LogP contribution in [0.2, 0.25) is 0 Å². The van der Waals surface area contributed by atoms with Crippen LogP contribution in [0, 0.1) is 11.6 Å². The molecule has 0 spiro atoms. The first-order chi connectivity index (χ1) is 9.65. The number of benzene rings is 1. The molecular formula is C13H12F2N4O. The summed E-state index contributed by atoms with van der Waals surface area (Å²) in [6.45, 7) is 0.0936. The second-order valence-electron chi connectivity index (χ2n) is 4.73. The molecule has 1 saturated carbocycles. The number of halogens is 2. The van der Waals surface area contributed by atoms with Gasteiger partial charge in [0, 0.05) is 24.2 Å². The standard InChI is InChI=1S/C13H12F2N4O/c14-9-2-1-8(11(15)5-9)6-19(10-3-4-10)13(20)12-16-7-17-18-12/h1-2,5,7,10H,3-4,6H2,(H,16,17,18). The molecule has 0 saturated heterocycles. The maximum absolute atomic E-state index is 13.7. The van der Waals surface area contributed by atoms with Crippen LogP contribution in [0.25, 0.3) is 0 Å². The van der Waals surface area contributed by atoms with Gasteiger partial charge in [-0.25, -0.2) is 13.8 Å². The molecular weight excluding hydrogens is 266 g/mol. The number of H-pyrrole nitrogens is 1. The van der Waals surface area contributed by atoms with Crippen LogP contribution < -0.4 is 0 Å². The number of nitrogens with zero attached hydrogens (tertiary/aromatic N) is 3. The summed E-state index contributed by atoms with van der Waals surface area (Å²) < 4.78 is 26.6. The fourth-order valence-electron chi connectivity index (χ4n) is 2.03. The number of carbonyl (C=O) groups is 1. The Bertz CT molecular complexity index is 625. The molecule has 0 atom stereocenters. The molecule has 1 aliphatic rings. The summed E-state index contributed by atoms with van der Waals surface area (Å²) in [6, 6.07) is 3.44. The van der Waals surface area contributed by atoms with Crippen molar-refractivity contribution in [1.82, 2.24) is 20.1 Å². The molecule has 7 heteroatoms. The van der Waals surface area contributed by atoms with Gasteiger partial charge in [0.05, 0.1) is 0 Å². The second kappa shape index (κ2) is 4.99. The lowest BCUT2D eigenvalue weighted by atomic mass is 10.2. The SMILES string of the molecule is O=C(c1ncn[nH]1)N(Cc1ccc(F)cc1F)C1CC1. The van der Waals surface area contributed by atoms with Crippen LogP contribution in [0.5, 0.6) is 0 Å². The predicted octanol–water partition coefficient (Wildman–Crippen LogP) is 1.89. The van der Waals surface area contributed by atoms with E-state index in [1.54, 1.807) is 0 Å². The van der Waals surface area contributed by atoms with E-state index < -0.39 is 11.6 Å². The molecule has 0 unspecified atom stereocenters. The molecule has 0 aliphatic heterocycles. The molecule has 5 nitrogen and oxygen atoms in total. The molecule has 2 aromatic rings. The molecule has 0 radical (unpaired) electrons. The average molecular weight is 278 g/mol. The van der Waals surface area contributed by atoms with E-state index in [2.05, 4.69) is 15.2 Å². The van der Waals surface area contributed by atoms with Gasteiger partial charge < -0.3 is 4.90 Å². The lowest BCUT2D eigenvalue weighted by Crippen LogP contribution is -2.33. The Balaban J connectivity index is 1.83. The highest BCUT2D eigenvalue weighted by molar-refractivity contribution is 5.90. The van der Waals surface area contributed by atoms with E-state index in [0.29, 0.717) is 0 Å². The van der Waals surface area contributed by atoms with Crippen molar-refractivity contribution < 1.29 is 13.6 Å². The maximum atomic E-state index is 13.7. The molecule has 1 N–H and O–H groups in total. The van der Waals surface area contributed by atoms with Gasteiger partial charge in [-0.05, 0) is 18.9 Å². The van der Waals surface area contributed by atoms with Crippen molar-refractivity contribution in [3.05, 3.63) is 47.5 Å². The van der Waals surface area contributed by atoms with Crippen LogP contribution >= 0.6 is 0 Å². The van der Waals surface area contributed by atoms with Crippen molar-refractivity contribution in [3.8, 4) is 0 Å². The van der Waals surface area contributed by atoms with E-state index in [9.17, 15) is 13.6 Å². The summed E-state index contributed by atoms with van der Waals surface area (Å²) in [6.07, 6.45) is 3.00. The summed E-state index contributed by atoms with van der Waals surface area (Å²) in [5, 5.41) is 6.14. The molecule has 20 heavy (non-hydrogen) atoms. The number of aromatic amines is 1. The minimum absolute atomic E-state index is 0.0806. The van der Waals surface area contributed by atoms with E-state index in [1.807, 2.05) is 0 Å². The van der Waals surface area contributed by atoms with Crippen molar-refractivity contribution in [2.75, 3.05) is 0 Å². The molecule has 0 bridgehead atoms. The highest BCUT2D eigenvalue weighted by Gasteiger charge is 2.34. The zero-order valence-electron chi connectivity index (χ0n) is 10.5. The van der Waals surface area contributed by atoms with Gasteiger partial charge in [-0.1, -0.05) is 6.07 Å². The zero-order chi connectivity index (χ0) is 14.1. The number of hydrogen-bond acceptors (Lipinski definition) is 3. The molecule has 1 amide bonds. The van der Waals surface area contributed by atoms with Crippen LogP contribution in [0.1, 0.15) is 29.0 Å². The molecule has 3 rings (SSSR count). The van der Waals surface area contributed by atoms with Crippen molar-refractivity contribution in [2.24, 2.45) is 0 Å². The fourth-order valence-corrected chi connectivity index (χ4v) is 2.03. The number of aromatic nitrogens is 3. The Morgan fingerprint density at radius 3 is 2.80 bits per heavy atom. The van der Waals surface area contributed by atoms with Gasteiger partial charge in [0.1, 0.15) is 18.0 Å². The summed E-state index contributed by atoms with van der Waals surface area (Å²) in [5.74, 6) is -1.49. The van der Waals surface area contributed by atoms with Crippen LogP contribution in [0.3, 0.4) is 0 Å². The largest absolute Gasteiger partial charge is 0.329 e. The summed E-state index contributed by atoms with van der Waals surface area (Å²) >= 11 is 0. The molecule has 1 aliphatic carbocycles. The summed E-state index contributed by atoms with van der Waals surface area (Å²) in [4.78, 5) is 17.6. The zero-order valence-corrected chi connectivity index (χ0v) is 10.5. The number of nitrogens with one attached hydrogen (secondary N) is 1. The Morgan fingerprint density at radius 1 is 1.40 bits per heavy atom. The molecule has 1 heterocycles. The topological polar surface area (TPSA) is 61.9 Å². The van der Waals surface area contributed by atoms with Crippen molar-refractivity contribution in [1.29, 1.82) is 0 Å². The Labute approximate surface area is 113 Å². The lowest BCUT2D eigenvalue weighted by molar-refractivity contribution is 0.0716. The first-order valence-electron chi connectivity index (χ1n) is 6.25. The van der Waals surface area contributed by atoms with E-state index in [4.69, 9.17) is 0 Å².